The molecule has 2 rings (SSSR count). The standard InChI is InChI=1S/C13H18N4O8/c14-7(19)3-5(12(22)23)15-8-1-2-17(13(24)16-8)11-10(21)9(20)6(4-18)25-11/h1-2,5-6,9-11,18,20-21H,3-4H2,(H2,14,19)(H,22,23)(H,15,16,24)/t5-,6+,9+,10-,11+/m0/s1. The van der Waals surface area contributed by atoms with E-state index in [4.69, 9.17) is 20.7 Å². The summed E-state index contributed by atoms with van der Waals surface area (Å²) in [4.78, 5) is 37.6. The quantitative estimate of drug-likeness (QED) is 0.285. The Balaban J connectivity index is 2.19. The normalized spacial score (nSPS) is 27.0. The number of carboxylic acids is 1. The fourth-order valence-corrected chi connectivity index (χ4v) is 2.38. The molecule has 7 N–H and O–H groups in total. The van der Waals surface area contributed by atoms with Crippen molar-refractivity contribution in [3.63, 3.8) is 0 Å². The molecule has 1 aromatic rings. The predicted molar refractivity (Wildman–Crippen MR) is 80.4 cm³/mol. The van der Waals surface area contributed by atoms with Gasteiger partial charge in [-0.2, -0.15) is 4.98 Å². The molecule has 25 heavy (non-hydrogen) atoms. The molecule has 0 aromatic carbocycles. The molecule has 1 aliphatic rings. The van der Waals surface area contributed by atoms with Crippen LogP contribution >= 0.6 is 0 Å². The Labute approximate surface area is 140 Å². The zero-order valence-corrected chi connectivity index (χ0v) is 12.8. The molecule has 1 fully saturated rings. The minimum atomic E-state index is -1.46. The summed E-state index contributed by atoms with van der Waals surface area (Å²) in [7, 11) is 0. The number of nitrogens with zero attached hydrogens (tertiary/aromatic N) is 2. The summed E-state index contributed by atoms with van der Waals surface area (Å²) in [5.74, 6) is -2.32. The lowest BCUT2D eigenvalue weighted by Crippen LogP contribution is -2.37. The number of ether oxygens (including phenoxy) is 1. The van der Waals surface area contributed by atoms with Crippen LogP contribution in [0.25, 0.3) is 0 Å². The smallest absolute Gasteiger partial charge is 0.351 e. The monoisotopic (exact) mass is 358 g/mol. The Morgan fingerprint density at radius 3 is 2.56 bits per heavy atom. The number of nitrogens with one attached hydrogen (secondary N) is 1. The molecule has 0 bridgehead atoms. The van der Waals surface area contributed by atoms with Gasteiger partial charge in [-0.25, -0.2) is 9.59 Å². The van der Waals surface area contributed by atoms with Crippen molar-refractivity contribution in [3.8, 4) is 0 Å². The number of primary amides is 1. The van der Waals surface area contributed by atoms with Gasteiger partial charge >= 0.3 is 11.7 Å². The van der Waals surface area contributed by atoms with Crippen LogP contribution in [0.3, 0.4) is 0 Å². The van der Waals surface area contributed by atoms with Crippen LogP contribution in [0.1, 0.15) is 12.6 Å². The Bertz CT molecular complexity index is 708. The van der Waals surface area contributed by atoms with Crippen molar-refractivity contribution in [1.82, 2.24) is 9.55 Å². The molecule has 0 radical (unpaired) electrons. The molecule has 0 saturated carbocycles. The Hall–Kier alpha value is -2.54. The number of carbonyl (C=O) groups excluding carboxylic acids is 1. The molecule has 0 spiro atoms. The van der Waals surface area contributed by atoms with Crippen molar-refractivity contribution in [2.24, 2.45) is 5.73 Å². The van der Waals surface area contributed by atoms with E-state index in [0.29, 0.717) is 0 Å². The van der Waals surface area contributed by atoms with Crippen LogP contribution in [0.2, 0.25) is 0 Å². The van der Waals surface area contributed by atoms with Crippen LogP contribution in [-0.2, 0) is 14.3 Å². The lowest BCUT2D eigenvalue weighted by atomic mass is 10.1. The second-order valence-corrected chi connectivity index (χ2v) is 5.44. The predicted octanol–water partition coefficient (Wildman–Crippen LogP) is -3.40. The van der Waals surface area contributed by atoms with Gasteiger partial charge in [0, 0.05) is 6.20 Å². The first-order chi connectivity index (χ1) is 11.7. The number of carbonyl (C=O) groups is 2. The highest BCUT2D eigenvalue weighted by atomic mass is 16.6. The number of aliphatic hydroxyl groups excluding tert-OH is 3. The van der Waals surface area contributed by atoms with E-state index in [0.717, 1.165) is 4.57 Å². The number of rotatable bonds is 7. The van der Waals surface area contributed by atoms with E-state index in [9.17, 15) is 24.6 Å². The topological polar surface area (TPSA) is 197 Å². The number of aliphatic hydroxyl groups is 3. The van der Waals surface area contributed by atoms with Gasteiger partial charge in [-0.1, -0.05) is 0 Å². The van der Waals surface area contributed by atoms with Crippen LogP contribution in [0.4, 0.5) is 5.82 Å². The van der Waals surface area contributed by atoms with Gasteiger partial charge in [-0.15, -0.1) is 0 Å². The maximum atomic E-state index is 12.1. The second kappa shape index (κ2) is 7.57. The molecule has 0 unspecified atom stereocenters. The van der Waals surface area contributed by atoms with Crippen molar-refractivity contribution >= 4 is 17.7 Å². The fraction of sp³-hybridized carbons (Fsp3) is 0.538. The summed E-state index contributed by atoms with van der Waals surface area (Å²) in [5.41, 5.74) is 4.06. The average Bonchev–Trinajstić information content (AvgIpc) is 2.82. The molecule has 12 nitrogen and oxygen atoms in total. The van der Waals surface area contributed by atoms with Crippen LogP contribution in [0.15, 0.2) is 17.1 Å². The molecule has 138 valence electrons. The number of aromatic nitrogens is 2. The molecule has 5 atom stereocenters. The van der Waals surface area contributed by atoms with Crippen molar-refractivity contribution in [3.05, 3.63) is 22.7 Å². The highest BCUT2D eigenvalue weighted by Crippen LogP contribution is 2.28. The molecule has 0 aliphatic carbocycles. The number of nitrogens with two attached hydrogens (primary N) is 1. The number of hydrogen-bond donors (Lipinski definition) is 6. The lowest BCUT2D eigenvalue weighted by molar-refractivity contribution is -0.139. The van der Waals surface area contributed by atoms with Gasteiger partial charge in [0.05, 0.1) is 13.0 Å². The first-order valence-corrected chi connectivity index (χ1v) is 7.24. The highest BCUT2D eigenvalue weighted by Gasteiger charge is 2.43. The highest BCUT2D eigenvalue weighted by molar-refractivity contribution is 5.85. The number of hydrogen-bond acceptors (Lipinski definition) is 9. The summed E-state index contributed by atoms with van der Waals surface area (Å²) in [6.07, 6.45) is -4.50. The number of amides is 1. The van der Waals surface area contributed by atoms with Crippen LogP contribution in [-0.4, -0.2) is 72.8 Å². The van der Waals surface area contributed by atoms with Gasteiger partial charge < -0.3 is 36.2 Å². The average molecular weight is 358 g/mol. The van der Waals surface area contributed by atoms with E-state index in [1.54, 1.807) is 0 Å². The SMILES string of the molecule is NC(=O)C[C@H](Nc1ccn([C@@H]2O[C@H](CO)[C@@H](O)[C@@H]2O)c(=O)n1)C(=O)O. The van der Waals surface area contributed by atoms with E-state index >= 15 is 0 Å². The zero-order chi connectivity index (χ0) is 18.7. The minimum absolute atomic E-state index is 0.123. The van der Waals surface area contributed by atoms with E-state index in [-0.39, 0.29) is 5.82 Å². The largest absolute Gasteiger partial charge is 0.480 e. The maximum Gasteiger partial charge on any atom is 0.351 e. The fourth-order valence-electron chi connectivity index (χ4n) is 2.38. The third kappa shape index (κ3) is 4.11. The Morgan fingerprint density at radius 2 is 2.08 bits per heavy atom. The van der Waals surface area contributed by atoms with E-state index in [2.05, 4.69) is 10.3 Å². The molecule has 2 heterocycles. The first-order valence-electron chi connectivity index (χ1n) is 7.24. The summed E-state index contributed by atoms with van der Waals surface area (Å²) in [6.45, 7) is -0.552. The van der Waals surface area contributed by atoms with Crippen molar-refractivity contribution in [1.29, 1.82) is 0 Å². The van der Waals surface area contributed by atoms with Gasteiger partial charge in [0.25, 0.3) is 0 Å². The zero-order valence-electron chi connectivity index (χ0n) is 12.8. The van der Waals surface area contributed by atoms with Crippen LogP contribution in [0.5, 0.6) is 0 Å². The third-order valence-corrected chi connectivity index (χ3v) is 3.65. The molecule has 12 heteroatoms. The van der Waals surface area contributed by atoms with Crippen molar-refractivity contribution in [2.75, 3.05) is 11.9 Å². The van der Waals surface area contributed by atoms with Gasteiger partial charge in [-0.05, 0) is 6.07 Å². The Morgan fingerprint density at radius 1 is 1.40 bits per heavy atom. The van der Waals surface area contributed by atoms with Crippen molar-refractivity contribution in [2.45, 2.75) is 37.0 Å². The number of aliphatic carboxylic acids is 1. The van der Waals surface area contributed by atoms with Gasteiger partial charge in [-0.3, -0.25) is 9.36 Å². The second-order valence-electron chi connectivity index (χ2n) is 5.44. The summed E-state index contributed by atoms with van der Waals surface area (Å²) in [5, 5.41) is 40.1. The van der Waals surface area contributed by atoms with Gasteiger partial charge in [0.1, 0.15) is 30.2 Å². The van der Waals surface area contributed by atoms with E-state index < -0.39 is 61.2 Å². The number of carboxylic acid groups (broad SMARTS) is 1. The number of anilines is 1. The van der Waals surface area contributed by atoms with Gasteiger partial charge in [0.15, 0.2) is 6.23 Å². The molecule has 1 aliphatic heterocycles. The van der Waals surface area contributed by atoms with E-state index in [1.165, 1.54) is 12.3 Å². The summed E-state index contributed by atoms with van der Waals surface area (Å²) in [6, 6.07) is -0.137. The molecule has 1 aromatic heterocycles. The van der Waals surface area contributed by atoms with Crippen LogP contribution in [0, 0.1) is 0 Å². The van der Waals surface area contributed by atoms with E-state index in [1.807, 2.05) is 0 Å². The third-order valence-electron chi connectivity index (χ3n) is 3.65. The maximum absolute atomic E-state index is 12.1. The lowest BCUT2D eigenvalue weighted by Gasteiger charge is -2.18. The van der Waals surface area contributed by atoms with Gasteiger partial charge in [0.2, 0.25) is 5.91 Å². The molecular formula is C13H18N4O8. The van der Waals surface area contributed by atoms with Crippen LogP contribution < -0.4 is 16.7 Å². The first kappa shape index (κ1) is 18.8. The molecule has 1 amide bonds. The Kier molecular flexibility index (Phi) is 5.69. The summed E-state index contributed by atoms with van der Waals surface area (Å²) < 4.78 is 6.10. The minimum Gasteiger partial charge on any atom is -0.480 e. The molecular weight excluding hydrogens is 340 g/mol. The summed E-state index contributed by atoms with van der Waals surface area (Å²) >= 11 is 0. The molecule has 1 saturated heterocycles. The van der Waals surface area contributed by atoms with Crippen molar-refractivity contribution < 1.29 is 34.8 Å².